The average Bonchev–Trinajstić information content (AvgIpc) is 3.50. The number of H-pyrrole nitrogens is 1. The molecule has 1 atom stereocenters. The van der Waals surface area contributed by atoms with E-state index in [0.29, 0.717) is 18.0 Å². The molecule has 0 amide bonds. The predicted molar refractivity (Wildman–Crippen MR) is 124 cm³/mol. The van der Waals surface area contributed by atoms with Crippen LogP contribution in [0.15, 0.2) is 35.6 Å². The maximum absolute atomic E-state index is 12.7. The number of aliphatic hydroxyl groups excluding tert-OH is 1. The van der Waals surface area contributed by atoms with Gasteiger partial charge in [-0.1, -0.05) is 25.3 Å². The van der Waals surface area contributed by atoms with Crippen LogP contribution in [-0.4, -0.2) is 43.8 Å². The fourth-order valence-electron chi connectivity index (χ4n) is 5.13. The van der Waals surface area contributed by atoms with Gasteiger partial charge in [-0.2, -0.15) is 0 Å². The van der Waals surface area contributed by atoms with Crippen LogP contribution in [0, 0.1) is 0 Å². The quantitative estimate of drug-likeness (QED) is 0.506. The molecule has 0 bridgehead atoms. The molecule has 4 heterocycles. The summed E-state index contributed by atoms with van der Waals surface area (Å²) in [6, 6.07) is 6.94. The zero-order valence-corrected chi connectivity index (χ0v) is 18.1. The van der Waals surface area contributed by atoms with E-state index in [4.69, 9.17) is 4.98 Å². The Morgan fingerprint density at radius 3 is 2.81 bits per heavy atom. The zero-order valence-electron chi connectivity index (χ0n) is 17.3. The fourth-order valence-corrected chi connectivity index (χ4v) is 6.41. The van der Waals surface area contributed by atoms with Crippen LogP contribution in [0.25, 0.3) is 32.4 Å². The second-order valence-electron chi connectivity index (χ2n) is 8.73. The third-order valence-electron chi connectivity index (χ3n) is 6.74. The standard InChI is InChI=1S/C23H25N5O2S/c29-16-8-9-27(11-16)23-19-20(24-12-25-22(19)30)21(31-23)14-6-7-18-17(10-14)26-13-28(18)15-4-2-1-3-5-15/h6-7,10,12-13,15-16,29H,1-5,8-9,11H2,(H,24,25,30). The van der Waals surface area contributed by atoms with E-state index in [1.54, 1.807) is 11.3 Å². The van der Waals surface area contributed by atoms with Crippen molar-refractivity contribution >= 4 is 38.3 Å². The van der Waals surface area contributed by atoms with Crippen molar-refractivity contribution < 1.29 is 5.11 Å². The Hall–Kier alpha value is -2.71. The molecule has 31 heavy (non-hydrogen) atoms. The molecule has 3 aromatic heterocycles. The Labute approximate surface area is 183 Å². The van der Waals surface area contributed by atoms with Crippen molar-refractivity contribution in [3.63, 3.8) is 0 Å². The SMILES string of the molecule is O=c1[nH]cnc2c(-c3ccc4c(c3)ncn4C3CCCCC3)sc(N3CCC(O)C3)c12. The van der Waals surface area contributed by atoms with E-state index in [1.165, 1.54) is 43.9 Å². The first kappa shape index (κ1) is 19.0. The minimum Gasteiger partial charge on any atom is -0.391 e. The molecular weight excluding hydrogens is 410 g/mol. The monoisotopic (exact) mass is 435 g/mol. The number of nitrogens with zero attached hydrogens (tertiary/aromatic N) is 4. The minimum absolute atomic E-state index is 0.133. The maximum atomic E-state index is 12.7. The van der Waals surface area contributed by atoms with Crippen LogP contribution in [0.2, 0.25) is 0 Å². The molecule has 8 heteroatoms. The first-order valence-corrected chi connectivity index (χ1v) is 11.9. The van der Waals surface area contributed by atoms with Gasteiger partial charge >= 0.3 is 0 Å². The number of aliphatic hydroxyl groups is 1. The summed E-state index contributed by atoms with van der Waals surface area (Å²) in [7, 11) is 0. The van der Waals surface area contributed by atoms with Gasteiger partial charge in [0.15, 0.2) is 0 Å². The van der Waals surface area contributed by atoms with Crippen LogP contribution in [0.4, 0.5) is 5.00 Å². The summed E-state index contributed by atoms with van der Waals surface area (Å²) in [5, 5.41) is 11.5. The molecular formula is C23H25N5O2S. The van der Waals surface area contributed by atoms with Gasteiger partial charge in [-0.05, 0) is 37.0 Å². The topological polar surface area (TPSA) is 87.0 Å². The van der Waals surface area contributed by atoms with Crippen molar-refractivity contribution in [3.05, 3.63) is 41.2 Å². The van der Waals surface area contributed by atoms with E-state index < -0.39 is 0 Å². The summed E-state index contributed by atoms with van der Waals surface area (Å²) in [6.07, 6.45) is 10.2. The van der Waals surface area contributed by atoms with Gasteiger partial charge in [-0.3, -0.25) is 4.79 Å². The Balaban J connectivity index is 1.46. The van der Waals surface area contributed by atoms with Gasteiger partial charge in [0.1, 0.15) is 10.4 Å². The van der Waals surface area contributed by atoms with Crippen molar-refractivity contribution in [2.75, 3.05) is 18.0 Å². The molecule has 6 rings (SSSR count). The third-order valence-corrected chi connectivity index (χ3v) is 8.03. The lowest BCUT2D eigenvalue weighted by Crippen LogP contribution is -2.21. The highest BCUT2D eigenvalue weighted by Crippen LogP contribution is 2.43. The number of hydrogen-bond donors (Lipinski definition) is 2. The molecule has 2 aliphatic rings. The molecule has 1 saturated carbocycles. The summed E-state index contributed by atoms with van der Waals surface area (Å²) in [5.41, 5.74) is 3.76. The summed E-state index contributed by atoms with van der Waals surface area (Å²) < 4.78 is 2.34. The summed E-state index contributed by atoms with van der Waals surface area (Å²) >= 11 is 1.58. The van der Waals surface area contributed by atoms with Crippen molar-refractivity contribution in [1.82, 2.24) is 19.5 Å². The first-order chi connectivity index (χ1) is 15.2. The van der Waals surface area contributed by atoms with E-state index in [0.717, 1.165) is 39.4 Å². The smallest absolute Gasteiger partial charge is 0.261 e. The van der Waals surface area contributed by atoms with Gasteiger partial charge in [-0.25, -0.2) is 9.97 Å². The Bertz CT molecular complexity index is 1320. The van der Waals surface area contributed by atoms with Gasteiger partial charge in [-0.15, -0.1) is 11.3 Å². The molecule has 4 aromatic rings. The van der Waals surface area contributed by atoms with E-state index in [-0.39, 0.29) is 11.7 Å². The Morgan fingerprint density at radius 2 is 2.00 bits per heavy atom. The van der Waals surface area contributed by atoms with Crippen molar-refractivity contribution in [2.24, 2.45) is 0 Å². The third kappa shape index (κ3) is 3.16. The number of imidazole rings is 1. The van der Waals surface area contributed by atoms with Crippen LogP contribution >= 0.6 is 11.3 Å². The number of nitrogens with one attached hydrogen (secondary N) is 1. The van der Waals surface area contributed by atoms with E-state index in [1.807, 2.05) is 6.33 Å². The molecule has 1 aliphatic heterocycles. The lowest BCUT2D eigenvalue weighted by molar-refractivity contribution is 0.198. The van der Waals surface area contributed by atoms with Crippen molar-refractivity contribution in [2.45, 2.75) is 50.7 Å². The number of anilines is 1. The van der Waals surface area contributed by atoms with Gasteiger partial charge in [0.2, 0.25) is 0 Å². The van der Waals surface area contributed by atoms with Crippen LogP contribution in [0.5, 0.6) is 0 Å². The van der Waals surface area contributed by atoms with Crippen LogP contribution in [0.1, 0.15) is 44.6 Å². The summed E-state index contributed by atoms with van der Waals surface area (Å²) in [5.74, 6) is 0. The van der Waals surface area contributed by atoms with Crippen molar-refractivity contribution in [3.8, 4) is 10.4 Å². The fraction of sp³-hybridized carbons (Fsp3) is 0.435. The number of benzene rings is 1. The lowest BCUT2D eigenvalue weighted by Gasteiger charge is -2.23. The van der Waals surface area contributed by atoms with E-state index in [2.05, 4.69) is 37.6 Å². The number of β-amino-alcohol motifs (C(OH)–C–C–N with tert-alkyl or cyclic N) is 1. The summed E-state index contributed by atoms with van der Waals surface area (Å²) in [6.45, 7) is 1.30. The molecule has 2 N–H and O–H groups in total. The Morgan fingerprint density at radius 1 is 1.13 bits per heavy atom. The lowest BCUT2D eigenvalue weighted by atomic mass is 9.95. The highest BCUT2D eigenvalue weighted by atomic mass is 32.1. The van der Waals surface area contributed by atoms with Crippen LogP contribution in [-0.2, 0) is 0 Å². The molecule has 1 unspecified atom stereocenters. The van der Waals surface area contributed by atoms with E-state index >= 15 is 0 Å². The van der Waals surface area contributed by atoms with E-state index in [9.17, 15) is 9.90 Å². The number of fused-ring (bicyclic) bond motifs is 2. The van der Waals surface area contributed by atoms with Gasteiger partial charge in [0, 0.05) is 19.1 Å². The zero-order chi connectivity index (χ0) is 20.9. The van der Waals surface area contributed by atoms with Gasteiger partial charge in [0.25, 0.3) is 5.56 Å². The highest BCUT2D eigenvalue weighted by molar-refractivity contribution is 7.21. The average molecular weight is 436 g/mol. The van der Waals surface area contributed by atoms with Gasteiger partial charge in [0.05, 0.1) is 40.2 Å². The van der Waals surface area contributed by atoms with Gasteiger partial charge < -0.3 is 19.6 Å². The molecule has 2 fully saturated rings. The normalized spacial score (nSPS) is 20.3. The number of aromatic nitrogens is 4. The molecule has 0 spiro atoms. The molecule has 1 aliphatic carbocycles. The second kappa shape index (κ2) is 7.46. The molecule has 0 radical (unpaired) electrons. The maximum Gasteiger partial charge on any atom is 0.261 e. The number of rotatable bonds is 3. The number of thiophene rings is 1. The highest BCUT2D eigenvalue weighted by Gasteiger charge is 2.27. The first-order valence-electron chi connectivity index (χ1n) is 11.1. The minimum atomic E-state index is -0.351. The molecule has 160 valence electrons. The van der Waals surface area contributed by atoms with Crippen LogP contribution < -0.4 is 10.5 Å². The predicted octanol–water partition coefficient (Wildman–Crippen LogP) is 4.08. The largest absolute Gasteiger partial charge is 0.391 e. The number of aromatic amines is 1. The number of hydrogen-bond acceptors (Lipinski definition) is 6. The second-order valence-corrected chi connectivity index (χ2v) is 9.73. The molecule has 7 nitrogen and oxygen atoms in total. The molecule has 1 aromatic carbocycles. The Kier molecular flexibility index (Phi) is 4.57. The molecule has 1 saturated heterocycles. The van der Waals surface area contributed by atoms with Crippen molar-refractivity contribution in [1.29, 1.82) is 0 Å². The summed E-state index contributed by atoms with van der Waals surface area (Å²) in [4.78, 5) is 27.7. The van der Waals surface area contributed by atoms with Crippen LogP contribution in [0.3, 0.4) is 0 Å².